The molecule has 0 aromatic carbocycles. The molecule has 0 spiro atoms. The van der Waals surface area contributed by atoms with Crippen LogP contribution in [0.2, 0.25) is 0 Å². The maximum absolute atomic E-state index is 14.9. The van der Waals surface area contributed by atoms with Crippen molar-refractivity contribution in [3.8, 4) is 5.88 Å². The molecular formula is C22H31FN10O2. The Bertz CT molecular complexity index is 1220. The van der Waals surface area contributed by atoms with Crippen molar-refractivity contribution in [3.05, 3.63) is 24.7 Å². The first-order valence-electron chi connectivity index (χ1n) is 11.4. The van der Waals surface area contributed by atoms with Crippen LogP contribution in [0.25, 0.3) is 11.2 Å². The first-order chi connectivity index (χ1) is 16.8. The van der Waals surface area contributed by atoms with Crippen molar-refractivity contribution >= 4 is 34.5 Å². The molecule has 4 heterocycles. The number of halogens is 1. The van der Waals surface area contributed by atoms with Crippen LogP contribution in [0, 0.1) is 0 Å². The van der Waals surface area contributed by atoms with Crippen LogP contribution in [0.15, 0.2) is 24.7 Å². The van der Waals surface area contributed by atoms with Crippen LogP contribution in [-0.2, 0) is 18.9 Å². The molecule has 12 nitrogen and oxygen atoms in total. The first-order valence-corrected chi connectivity index (χ1v) is 11.4. The number of amides is 1. The number of aromatic nitrogens is 6. The van der Waals surface area contributed by atoms with Crippen LogP contribution >= 0.6 is 0 Å². The number of hydrogen-bond acceptors (Lipinski definition) is 9. The number of carbonyl (C=O) groups excluding carboxylic acids is 1. The summed E-state index contributed by atoms with van der Waals surface area (Å²) in [6.45, 7) is 3.87. The topological polar surface area (TPSA) is 118 Å². The predicted octanol–water partition coefficient (Wildman–Crippen LogP) is 1.000. The number of rotatable bonds is 9. The summed E-state index contributed by atoms with van der Waals surface area (Å²) in [4.78, 5) is 29.7. The minimum Gasteiger partial charge on any atom is -0.478 e. The molecule has 1 aliphatic heterocycles. The number of nitrogens with zero attached hydrogens (tertiary/aromatic N) is 8. The van der Waals surface area contributed by atoms with E-state index in [2.05, 4.69) is 35.6 Å². The molecule has 3 aromatic heterocycles. The van der Waals surface area contributed by atoms with Gasteiger partial charge in [-0.2, -0.15) is 9.97 Å². The highest BCUT2D eigenvalue weighted by atomic mass is 19.1. The lowest BCUT2D eigenvalue weighted by atomic mass is 10.2. The van der Waals surface area contributed by atoms with E-state index in [4.69, 9.17) is 4.74 Å². The van der Waals surface area contributed by atoms with Crippen LogP contribution in [0.1, 0.15) is 6.92 Å². The van der Waals surface area contributed by atoms with Crippen molar-refractivity contribution in [2.75, 3.05) is 50.6 Å². The number of hydrogen-bond donors (Lipinski definition) is 2. The SMILES string of the molecule is CCN(C)C/C=C/C(=O)N[C@@H]1CN(c2nc(Nc3cn(C)nc3OC)c3ncn(C)c3n2)C[C@H]1F. The van der Waals surface area contributed by atoms with Crippen molar-refractivity contribution in [3.63, 3.8) is 0 Å². The van der Waals surface area contributed by atoms with E-state index in [0.717, 1.165) is 6.54 Å². The van der Waals surface area contributed by atoms with E-state index in [1.54, 1.807) is 39.8 Å². The Morgan fingerprint density at radius 2 is 2.14 bits per heavy atom. The van der Waals surface area contributed by atoms with E-state index in [1.807, 2.05) is 21.0 Å². The van der Waals surface area contributed by atoms with Crippen molar-refractivity contribution in [1.82, 2.24) is 39.5 Å². The van der Waals surface area contributed by atoms with E-state index < -0.39 is 12.2 Å². The van der Waals surface area contributed by atoms with Crippen molar-refractivity contribution in [2.45, 2.75) is 19.1 Å². The third-order valence-corrected chi connectivity index (χ3v) is 5.87. The molecule has 13 heteroatoms. The molecule has 1 aliphatic rings. The zero-order chi connectivity index (χ0) is 25.1. The molecule has 0 radical (unpaired) electrons. The molecule has 188 valence electrons. The van der Waals surface area contributed by atoms with Crippen LogP contribution in [0.4, 0.5) is 21.8 Å². The molecule has 4 rings (SSSR count). The smallest absolute Gasteiger partial charge is 0.256 e. The number of alkyl halides is 1. The summed E-state index contributed by atoms with van der Waals surface area (Å²) in [6.07, 6.45) is 5.36. The highest BCUT2D eigenvalue weighted by molar-refractivity contribution is 5.88. The van der Waals surface area contributed by atoms with Gasteiger partial charge in [-0.25, -0.2) is 9.37 Å². The minimum absolute atomic E-state index is 0.0618. The van der Waals surface area contributed by atoms with E-state index in [-0.39, 0.29) is 19.0 Å². The number of ether oxygens (including phenoxy) is 1. The summed E-state index contributed by atoms with van der Waals surface area (Å²) in [6, 6.07) is -0.670. The van der Waals surface area contributed by atoms with Crippen LogP contribution in [0.3, 0.4) is 0 Å². The highest BCUT2D eigenvalue weighted by Gasteiger charge is 2.35. The maximum Gasteiger partial charge on any atom is 0.256 e. The second-order valence-corrected chi connectivity index (χ2v) is 8.54. The monoisotopic (exact) mass is 486 g/mol. The van der Waals surface area contributed by atoms with E-state index in [0.29, 0.717) is 41.0 Å². The summed E-state index contributed by atoms with van der Waals surface area (Å²) in [5, 5.41) is 10.2. The Morgan fingerprint density at radius 3 is 2.89 bits per heavy atom. The second kappa shape index (κ2) is 10.3. The number of fused-ring (bicyclic) bond motifs is 1. The van der Waals surface area contributed by atoms with Gasteiger partial charge in [0.05, 0.1) is 32.2 Å². The summed E-state index contributed by atoms with van der Waals surface area (Å²) in [5.41, 5.74) is 1.76. The summed E-state index contributed by atoms with van der Waals surface area (Å²) >= 11 is 0. The molecule has 0 aliphatic carbocycles. The first kappa shape index (κ1) is 24.4. The Hall–Kier alpha value is -3.74. The van der Waals surface area contributed by atoms with Gasteiger partial charge in [-0.15, -0.1) is 5.10 Å². The van der Waals surface area contributed by atoms with Crippen molar-refractivity contribution < 1.29 is 13.9 Å². The fourth-order valence-electron chi connectivity index (χ4n) is 3.82. The van der Waals surface area contributed by atoms with Crippen molar-refractivity contribution in [1.29, 1.82) is 0 Å². The van der Waals surface area contributed by atoms with E-state index in [1.165, 1.54) is 13.2 Å². The van der Waals surface area contributed by atoms with Gasteiger partial charge in [-0.1, -0.05) is 13.0 Å². The number of carbonyl (C=O) groups is 1. The van der Waals surface area contributed by atoms with Gasteiger partial charge in [0.25, 0.3) is 5.88 Å². The number of aryl methyl sites for hydroxylation is 2. The Labute approximate surface area is 202 Å². The van der Waals surface area contributed by atoms with Gasteiger partial charge in [0.2, 0.25) is 11.9 Å². The molecule has 1 amide bonds. The largest absolute Gasteiger partial charge is 0.478 e. The molecule has 35 heavy (non-hydrogen) atoms. The third-order valence-electron chi connectivity index (χ3n) is 5.87. The van der Waals surface area contributed by atoms with Gasteiger partial charge in [0.1, 0.15) is 11.9 Å². The standard InChI is InChI=1S/C22H31FN10O2/c1-6-30(2)9-7-8-17(34)25-15-12-33(10-14(15)23)22-27-19(18-20(28-22)31(3)13-24-18)26-16-11-32(4)29-21(16)35-5/h7-8,11,13-15H,6,9-10,12H2,1-5H3,(H,25,34)(H,26,27,28)/b8-7+/t14-,15-/m1/s1. The molecule has 3 aromatic rings. The Balaban J connectivity index is 1.54. The lowest BCUT2D eigenvalue weighted by Gasteiger charge is -2.17. The van der Waals surface area contributed by atoms with E-state index in [9.17, 15) is 9.18 Å². The molecule has 0 bridgehead atoms. The number of methoxy groups -OCH3 is 1. The predicted molar refractivity (Wildman–Crippen MR) is 131 cm³/mol. The van der Waals surface area contributed by atoms with Gasteiger partial charge in [0.15, 0.2) is 17.0 Å². The number of likely N-dealkylation sites (N-methyl/N-ethyl adjacent to an activating group) is 1. The zero-order valence-corrected chi connectivity index (χ0v) is 20.6. The highest BCUT2D eigenvalue weighted by Crippen LogP contribution is 2.30. The van der Waals surface area contributed by atoms with E-state index >= 15 is 0 Å². The van der Waals surface area contributed by atoms with Gasteiger partial charge in [-0.3, -0.25) is 9.48 Å². The van der Waals surface area contributed by atoms with Gasteiger partial charge >= 0.3 is 0 Å². The Morgan fingerprint density at radius 1 is 1.34 bits per heavy atom. The molecule has 1 saturated heterocycles. The molecule has 1 fully saturated rings. The number of anilines is 3. The number of nitrogens with one attached hydrogen (secondary N) is 2. The van der Waals surface area contributed by atoms with Crippen LogP contribution in [0.5, 0.6) is 5.88 Å². The molecule has 0 unspecified atom stereocenters. The van der Waals surface area contributed by atoms with Gasteiger partial charge in [0, 0.05) is 33.3 Å². The normalized spacial score (nSPS) is 18.2. The lowest BCUT2D eigenvalue weighted by molar-refractivity contribution is -0.117. The summed E-state index contributed by atoms with van der Waals surface area (Å²) < 4.78 is 23.6. The fraction of sp³-hybridized carbons (Fsp3) is 0.500. The second-order valence-electron chi connectivity index (χ2n) is 8.54. The quantitative estimate of drug-likeness (QED) is 0.427. The summed E-state index contributed by atoms with van der Waals surface area (Å²) in [7, 11) is 7.11. The molecule has 0 saturated carbocycles. The van der Waals surface area contributed by atoms with Gasteiger partial charge < -0.3 is 29.7 Å². The van der Waals surface area contributed by atoms with Crippen LogP contribution < -0.4 is 20.3 Å². The fourth-order valence-corrected chi connectivity index (χ4v) is 3.82. The lowest BCUT2D eigenvalue weighted by Crippen LogP contribution is -2.40. The summed E-state index contributed by atoms with van der Waals surface area (Å²) in [5.74, 6) is 0.870. The average molecular weight is 487 g/mol. The van der Waals surface area contributed by atoms with Crippen LogP contribution in [-0.4, -0.2) is 92.7 Å². The third kappa shape index (κ3) is 5.34. The molecular weight excluding hydrogens is 455 g/mol. The average Bonchev–Trinajstić information content (AvgIpc) is 3.50. The van der Waals surface area contributed by atoms with Gasteiger partial charge in [-0.05, 0) is 13.6 Å². The number of imidazole rings is 1. The maximum atomic E-state index is 14.9. The molecule has 2 N–H and O–H groups in total. The molecule has 2 atom stereocenters. The minimum atomic E-state index is -1.26. The van der Waals surface area contributed by atoms with Crippen molar-refractivity contribution in [2.24, 2.45) is 14.1 Å². The zero-order valence-electron chi connectivity index (χ0n) is 20.6. The Kier molecular flexibility index (Phi) is 7.15.